The average Bonchev–Trinajstić information content (AvgIpc) is 2.81. The summed E-state index contributed by atoms with van der Waals surface area (Å²) in [4.78, 5) is 7.35. The van der Waals surface area contributed by atoms with Gasteiger partial charge in [0.2, 0.25) is 0 Å². The highest BCUT2D eigenvalue weighted by Crippen LogP contribution is 2.30. The van der Waals surface area contributed by atoms with Crippen LogP contribution in [0.2, 0.25) is 0 Å². The van der Waals surface area contributed by atoms with Crippen LogP contribution in [0.1, 0.15) is 32.4 Å². The van der Waals surface area contributed by atoms with Crippen LogP contribution in [0.3, 0.4) is 0 Å². The number of nitrogens with zero attached hydrogens (tertiary/aromatic N) is 3. The van der Waals surface area contributed by atoms with Crippen LogP contribution in [0.4, 0.5) is 5.82 Å². The zero-order valence-corrected chi connectivity index (χ0v) is 12.4. The highest BCUT2D eigenvalue weighted by molar-refractivity contribution is 5.56. The van der Waals surface area contributed by atoms with Crippen LogP contribution < -0.4 is 10.6 Å². The number of hydrogen-bond acceptors (Lipinski definition) is 3. The van der Waals surface area contributed by atoms with E-state index in [0.717, 1.165) is 30.3 Å². The summed E-state index contributed by atoms with van der Waals surface area (Å²) in [6.07, 6.45) is 5.53. The summed E-state index contributed by atoms with van der Waals surface area (Å²) in [6, 6.07) is 6.73. The molecule has 20 heavy (non-hydrogen) atoms. The second-order valence-electron chi connectivity index (χ2n) is 6.03. The number of pyridine rings is 1. The first-order valence-corrected chi connectivity index (χ1v) is 7.63. The second kappa shape index (κ2) is 5.44. The summed E-state index contributed by atoms with van der Waals surface area (Å²) in [5.41, 5.74) is 8.09. The molecule has 2 aromatic heterocycles. The molecule has 0 amide bonds. The summed E-state index contributed by atoms with van der Waals surface area (Å²) >= 11 is 0. The largest absolute Gasteiger partial charge is 0.352 e. The summed E-state index contributed by atoms with van der Waals surface area (Å²) < 4.78 is 2.19. The average molecular weight is 272 g/mol. The van der Waals surface area contributed by atoms with Gasteiger partial charge >= 0.3 is 0 Å². The molecule has 108 valence electrons. The maximum Gasteiger partial charge on any atom is 0.151 e. The fourth-order valence-electron chi connectivity index (χ4n) is 3.22. The first kappa shape index (κ1) is 13.4. The van der Waals surface area contributed by atoms with Crippen molar-refractivity contribution < 1.29 is 0 Å². The summed E-state index contributed by atoms with van der Waals surface area (Å²) in [5, 5.41) is 0. The molecule has 4 heteroatoms. The molecule has 1 aliphatic rings. The molecule has 2 atom stereocenters. The first-order chi connectivity index (χ1) is 9.70. The van der Waals surface area contributed by atoms with Gasteiger partial charge in [-0.2, -0.15) is 0 Å². The highest BCUT2D eigenvalue weighted by atomic mass is 15.3. The quantitative estimate of drug-likeness (QED) is 0.933. The van der Waals surface area contributed by atoms with Crippen LogP contribution >= 0.6 is 0 Å². The van der Waals surface area contributed by atoms with Crippen LogP contribution in [0.15, 0.2) is 24.4 Å². The minimum absolute atomic E-state index is 0.563. The Balaban J connectivity index is 2.07. The van der Waals surface area contributed by atoms with Gasteiger partial charge in [0.15, 0.2) is 5.82 Å². The number of anilines is 1. The molecular formula is C16H24N4. The van der Waals surface area contributed by atoms with E-state index in [-0.39, 0.29) is 0 Å². The Morgan fingerprint density at radius 3 is 2.95 bits per heavy atom. The lowest BCUT2D eigenvalue weighted by Crippen LogP contribution is -2.41. The summed E-state index contributed by atoms with van der Waals surface area (Å²) in [7, 11) is 0. The third kappa shape index (κ3) is 2.29. The minimum atomic E-state index is 0.563. The number of hydrogen-bond donors (Lipinski definition) is 1. The topological polar surface area (TPSA) is 46.6 Å². The molecule has 0 radical (unpaired) electrons. The van der Waals surface area contributed by atoms with Crippen molar-refractivity contribution in [2.45, 2.75) is 39.2 Å². The number of rotatable bonds is 3. The summed E-state index contributed by atoms with van der Waals surface area (Å²) in [5.74, 6) is 1.88. The normalized spacial score (nSPS) is 23.4. The molecule has 0 spiro atoms. The van der Waals surface area contributed by atoms with Crippen molar-refractivity contribution in [2.75, 3.05) is 18.0 Å². The molecule has 3 rings (SSSR count). The van der Waals surface area contributed by atoms with Crippen molar-refractivity contribution in [3.8, 4) is 0 Å². The Morgan fingerprint density at radius 2 is 2.15 bits per heavy atom. The predicted molar refractivity (Wildman–Crippen MR) is 83.2 cm³/mol. The molecule has 2 unspecified atom stereocenters. The van der Waals surface area contributed by atoms with E-state index in [1.807, 2.05) is 6.07 Å². The van der Waals surface area contributed by atoms with Gasteiger partial charge in [-0.1, -0.05) is 13.0 Å². The lowest BCUT2D eigenvalue weighted by molar-refractivity contribution is 0.388. The van der Waals surface area contributed by atoms with Gasteiger partial charge in [0.05, 0.1) is 5.69 Å². The SMILES string of the molecule is CC1CCC(C)N(c2nc3ccccn3c2CCN)C1. The molecule has 3 heterocycles. The lowest BCUT2D eigenvalue weighted by atomic mass is 9.95. The number of aromatic nitrogens is 2. The monoisotopic (exact) mass is 272 g/mol. The second-order valence-corrected chi connectivity index (χ2v) is 6.03. The fourth-order valence-corrected chi connectivity index (χ4v) is 3.22. The standard InChI is InChI=1S/C16H24N4/c1-12-6-7-13(2)20(11-12)16-14(8-9-17)19-10-4-3-5-15(19)18-16/h3-5,10,12-13H,6-9,11,17H2,1-2H3. The van der Waals surface area contributed by atoms with Crippen LogP contribution in [0, 0.1) is 5.92 Å². The van der Waals surface area contributed by atoms with Gasteiger partial charge in [0.1, 0.15) is 5.65 Å². The molecule has 1 fully saturated rings. The van der Waals surface area contributed by atoms with Crippen LogP contribution in [-0.2, 0) is 6.42 Å². The van der Waals surface area contributed by atoms with Gasteiger partial charge in [-0.3, -0.25) is 0 Å². The van der Waals surface area contributed by atoms with E-state index in [4.69, 9.17) is 10.7 Å². The van der Waals surface area contributed by atoms with Crippen LogP contribution in [0.5, 0.6) is 0 Å². The van der Waals surface area contributed by atoms with Crippen LogP contribution in [0.25, 0.3) is 5.65 Å². The number of imidazole rings is 1. The number of nitrogens with two attached hydrogens (primary N) is 1. The van der Waals surface area contributed by atoms with Gasteiger partial charge < -0.3 is 15.0 Å². The third-order valence-corrected chi connectivity index (χ3v) is 4.38. The molecule has 0 aliphatic carbocycles. The summed E-state index contributed by atoms with van der Waals surface area (Å²) in [6.45, 7) is 6.40. The smallest absolute Gasteiger partial charge is 0.151 e. The van der Waals surface area contributed by atoms with Crippen molar-refractivity contribution >= 4 is 11.5 Å². The molecule has 0 saturated carbocycles. The first-order valence-electron chi connectivity index (χ1n) is 7.63. The fraction of sp³-hybridized carbons (Fsp3) is 0.562. The molecular weight excluding hydrogens is 248 g/mol. The molecule has 1 saturated heterocycles. The Morgan fingerprint density at radius 1 is 1.30 bits per heavy atom. The van der Waals surface area contributed by atoms with Crippen molar-refractivity contribution in [2.24, 2.45) is 11.7 Å². The van der Waals surface area contributed by atoms with Crippen molar-refractivity contribution in [1.29, 1.82) is 0 Å². The van der Waals surface area contributed by atoms with Crippen molar-refractivity contribution in [3.05, 3.63) is 30.1 Å². The van der Waals surface area contributed by atoms with Gasteiger partial charge in [-0.15, -0.1) is 0 Å². The molecule has 2 N–H and O–H groups in total. The zero-order chi connectivity index (χ0) is 14.1. The highest BCUT2D eigenvalue weighted by Gasteiger charge is 2.27. The molecule has 4 nitrogen and oxygen atoms in total. The Hall–Kier alpha value is -1.55. The zero-order valence-electron chi connectivity index (χ0n) is 12.4. The van der Waals surface area contributed by atoms with E-state index in [1.165, 1.54) is 18.5 Å². The molecule has 2 aromatic rings. The Labute approximate surface area is 120 Å². The van der Waals surface area contributed by atoms with E-state index < -0.39 is 0 Å². The number of piperidine rings is 1. The molecule has 0 bridgehead atoms. The van der Waals surface area contributed by atoms with Gasteiger partial charge in [-0.25, -0.2) is 4.98 Å². The van der Waals surface area contributed by atoms with Crippen molar-refractivity contribution in [1.82, 2.24) is 9.38 Å². The van der Waals surface area contributed by atoms with Gasteiger partial charge in [0.25, 0.3) is 0 Å². The van der Waals surface area contributed by atoms with E-state index in [0.29, 0.717) is 12.6 Å². The predicted octanol–water partition coefficient (Wildman–Crippen LogP) is 2.46. The van der Waals surface area contributed by atoms with Crippen LogP contribution in [-0.4, -0.2) is 28.5 Å². The lowest BCUT2D eigenvalue weighted by Gasteiger charge is -2.37. The van der Waals surface area contributed by atoms with Gasteiger partial charge in [0, 0.05) is 25.2 Å². The van der Waals surface area contributed by atoms with E-state index in [1.54, 1.807) is 0 Å². The van der Waals surface area contributed by atoms with E-state index in [9.17, 15) is 0 Å². The van der Waals surface area contributed by atoms with Gasteiger partial charge in [-0.05, 0) is 44.4 Å². The minimum Gasteiger partial charge on any atom is -0.352 e. The van der Waals surface area contributed by atoms with E-state index in [2.05, 4.69) is 41.5 Å². The maximum absolute atomic E-state index is 5.81. The Kier molecular flexibility index (Phi) is 3.66. The maximum atomic E-state index is 5.81. The molecule has 1 aliphatic heterocycles. The molecule has 0 aromatic carbocycles. The van der Waals surface area contributed by atoms with Crippen molar-refractivity contribution in [3.63, 3.8) is 0 Å². The Bertz CT molecular complexity index is 589. The van der Waals surface area contributed by atoms with E-state index >= 15 is 0 Å². The third-order valence-electron chi connectivity index (χ3n) is 4.38. The number of fused-ring (bicyclic) bond motifs is 1.